The Bertz CT molecular complexity index is 1180. The second kappa shape index (κ2) is 12.0. The number of Topliss-reactive ketones (excluding diaryl/α,β-unsaturated/α-hetero) is 1. The molecule has 35 heavy (non-hydrogen) atoms. The molecule has 1 fully saturated rings. The number of benzene rings is 2. The molecule has 2 aliphatic rings. The van der Waals surface area contributed by atoms with E-state index in [0.717, 1.165) is 23.3 Å². The molecular formula is C27H32N2O5S. The smallest absolute Gasteiger partial charge is 0.209 e. The second-order valence-corrected chi connectivity index (χ2v) is 9.81. The lowest BCUT2D eigenvalue weighted by Gasteiger charge is -2.43. The third kappa shape index (κ3) is 6.26. The number of fused-ring (bicyclic) bond motifs is 2. The number of rotatable bonds is 3. The Morgan fingerprint density at radius 3 is 2.46 bits per heavy atom. The van der Waals surface area contributed by atoms with E-state index in [9.17, 15) is 14.4 Å². The number of nitrogens with two attached hydrogens (primary N) is 1. The van der Waals surface area contributed by atoms with Crippen LogP contribution in [0.1, 0.15) is 40.7 Å². The fourth-order valence-electron chi connectivity index (χ4n) is 4.27. The number of hydrogen-bond acceptors (Lipinski definition) is 7. The third-order valence-corrected chi connectivity index (χ3v) is 7.31. The minimum atomic E-state index is -0.476. The van der Waals surface area contributed by atoms with Gasteiger partial charge in [0.05, 0.1) is 17.0 Å². The number of thiophene rings is 1. The number of ether oxygens (including phenoxy) is 2. The van der Waals surface area contributed by atoms with Crippen molar-refractivity contribution in [2.75, 3.05) is 33.0 Å². The Morgan fingerprint density at radius 2 is 1.83 bits per heavy atom. The average molecular weight is 497 g/mol. The minimum Gasteiger partial charge on any atom is -0.486 e. The first kappa shape index (κ1) is 26.4. The molecule has 186 valence electrons. The van der Waals surface area contributed by atoms with Crippen molar-refractivity contribution in [3.05, 3.63) is 59.2 Å². The molecule has 1 amide bonds. The van der Waals surface area contributed by atoms with Crippen molar-refractivity contribution in [2.24, 2.45) is 0 Å². The van der Waals surface area contributed by atoms with E-state index in [2.05, 4.69) is 23.8 Å². The fraction of sp³-hybridized carbons (Fsp3) is 0.370. The molecular weight excluding hydrogens is 464 g/mol. The molecule has 3 aromatic rings. The number of carbonyl (C=O) groups is 3. The van der Waals surface area contributed by atoms with Gasteiger partial charge in [0.15, 0.2) is 5.78 Å². The first-order chi connectivity index (χ1) is 16.9. The zero-order valence-electron chi connectivity index (χ0n) is 20.4. The van der Waals surface area contributed by atoms with Crippen LogP contribution in [0.15, 0.2) is 42.5 Å². The molecule has 0 atom stereocenters. The van der Waals surface area contributed by atoms with Crippen LogP contribution in [0.4, 0.5) is 5.00 Å². The average Bonchev–Trinajstić information content (AvgIpc) is 3.15. The number of piperidine rings is 1. The summed E-state index contributed by atoms with van der Waals surface area (Å²) >= 11 is 1.66. The number of hydrogen-bond donors (Lipinski definition) is 1. The van der Waals surface area contributed by atoms with Gasteiger partial charge in [-0.2, -0.15) is 0 Å². The number of aldehydes is 1. The zero-order valence-corrected chi connectivity index (χ0v) is 21.2. The Morgan fingerprint density at radius 1 is 1.14 bits per heavy atom. The van der Waals surface area contributed by atoms with E-state index in [4.69, 9.17) is 10.5 Å². The SMILES string of the molecule is COC.Cc1c(N)sc2ccccc12.O=CCc1ccc2c(c1)C(=O)CC1(CCN(C=O)CC1)O2. The molecule has 1 aromatic heterocycles. The standard InChI is InChI=1S/C16H17NO4.C9H9NS.C2H6O/c18-8-3-12-1-2-15-13(9-12)14(20)10-16(21-15)4-6-17(11-19)7-5-16;1-6-7-4-2-3-5-8(7)11-9(6)10;1-3-2/h1-2,8-9,11H,3-7,10H2;2-5H,10H2,1H3;1-2H3. The minimum absolute atomic E-state index is 0.0588. The summed E-state index contributed by atoms with van der Waals surface area (Å²) in [5, 5.41) is 2.22. The Labute approximate surface area is 209 Å². The first-order valence-corrected chi connectivity index (χ1v) is 12.3. The summed E-state index contributed by atoms with van der Waals surface area (Å²) < 4.78 is 11.6. The van der Waals surface area contributed by atoms with Gasteiger partial charge in [0, 0.05) is 51.3 Å². The number of carbonyl (C=O) groups excluding carboxylic acids is 3. The molecule has 1 spiro atoms. The largest absolute Gasteiger partial charge is 0.486 e. The molecule has 1 saturated heterocycles. The van der Waals surface area contributed by atoms with Crippen LogP contribution in [-0.4, -0.2) is 56.3 Å². The van der Waals surface area contributed by atoms with E-state index in [1.807, 2.05) is 18.2 Å². The predicted octanol–water partition coefficient (Wildman–Crippen LogP) is 4.44. The summed E-state index contributed by atoms with van der Waals surface area (Å²) in [6.07, 6.45) is 3.67. The van der Waals surface area contributed by atoms with Gasteiger partial charge in [0.1, 0.15) is 17.6 Å². The van der Waals surface area contributed by atoms with E-state index in [1.54, 1.807) is 42.6 Å². The summed E-state index contributed by atoms with van der Waals surface area (Å²) in [5.41, 5.74) is 7.90. The van der Waals surface area contributed by atoms with Crippen molar-refractivity contribution < 1.29 is 23.9 Å². The molecule has 2 aliphatic heterocycles. The van der Waals surface area contributed by atoms with E-state index < -0.39 is 5.60 Å². The molecule has 5 rings (SSSR count). The molecule has 0 bridgehead atoms. The highest BCUT2D eigenvalue weighted by atomic mass is 32.1. The summed E-state index contributed by atoms with van der Waals surface area (Å²) in [6, 6.07) is 13.6. The van der Waals surface area contributed by atoms with E-state index >= 15 is 0 Å². The highest BCUT2D eigenvalue weighted by molar-refractivity contribution is 7.22. The predicted molar refractivity (Wildman–Crippen MR) is 139 cm³/mol. The molecule has 8 heteroatoms. The quantitative estimate of drug-likeness (QED) is 0.539. The van der Waals surface area contributed by atoms with Crippen molar-refractivity contribution in [3.63, 3.8) is 0 Å². The number of nitrogen functional groups attached to an aromatic ring is 1. The van der Waals surface area contributed by atoms with Crippen LogP contribution in [-0.2, 0) is 20.7 Å². The summed E-state index contributed by atoms with van der Waals surface area (Å²) in [6.45, 7) is 3.30. The number of aryl methyl sites for hydroxylation is 1. The van der Waals surface area contributed by atoms with Crippen LogP contribution in [0.5, 0.6) is 5.75 Å². The molecule has 0 unspecified atom stereocenters. The molecule has 0 radical (unpaired) electrons. The van der Waals surface area contributed by atoms with Crippen molar-refractivity contribution >= 4 is 44.9 Å². The van der Waals surface area contributed by atoms with Gasteiger partial charge < -0.3 is 24.9 Å². The summed E-state index contributed by atoms with van der Waals surface area (Å²) in [4.78, 5) is 35.5. The molecule has 7 nitrogen and oxygen atoms in total. The lowest BCUT2D eigenvalue weighted by molar-refractivity contribution is -0.121. The van der Waals surface area contributed by atoms with Crippen molar-refractivity contribution in [2.45, 2.75) is 38.2 Å². The summed E-state index contributed by atoms with van der Waals surface area (Å²) in [5.74, 6) is 0.656. The van der Waals surface area contributed by atoms with Crippen molar-refractivity contribution in [1.29, 1.82) is 0 Å². The van der Waals surface area contributed by atoms with Gasteiger partial charge in [-0.05, 0) is 41.6 Å². The lowest BCUT2D eigenvalue weighted by Crippen LogP contribution is -2.50. The van der Waals surface area contributed by atoms with Crippen LogP contribution in [0.25, 0.3) is 10.1 Å². The van der Waals surface area contributed by atoms with Crippen molar-refractivity contribution in [3.8, 4) is 5.75 Å². The second-order valence-electron chi connectivity index (χ2n) is 8.72. The third-order valence-electron chi connectivity index (χ3n) is 6.21. The van der Waals surface area contributed by atoms with Gasteiger partial charge in [0.2, 0.25) is 6.41 Å². The number of methoxy groups -OCH3 is 1. The zero-order chi connectivity index (χ0) is 25.4. The number of anilines is 1. The van der Waals surface area contributed by atoms with Gasteiger partial charge in [-0.25, -0.2) is 0 Å². The Hall–Kier alpha value is -3.23. The van der Waals surface area contributed by atoms with Gasteiger partial charge >= 0.3 is 0 Å². The van der Waals surface area contributed by atoms with Crippen LogP contribution >= 0.6 is 11.3 Å². The van der Waals surface area contributed by atoms with Gasteiger partial charge in [-0.3, -0.25) is 9.59 Å². The number of ketones is 1. The fourth-order valence-corrected chi connectivity index (χ4v) is 5.25. The number of nitrogens with zero attached hydrogens (tertiary/aromatic N) is 1. The Balaban J connectivity index is 0.000000204. The first-order valence-electron chi connectivity index (χ1n) is 11.5. The monoisotopic (exact) mass is 496 g/mol. The maximum atomic E-state index is 12.4. The van der Waals surface area contributed by atoms with E-state index in [-0.39, 0.29) is 5.78 Å². The number of likely N-dealkylation sites (tertiary alicyclic amines) is 1. The van der Waals surface area contributed by atoms with Crippen LogP contribution in [0.2, 0.25) is 0 Å². The van der Waals surface area contributed by atoms with Crippen molar-refractivity contribution in [1.82, 2.24) is 4.90 Å². The lowest BCUT2D eigenvalue weighted by atomic mass is 9.82. The van der Waals surface area contributed by atoms with Crippen LogP contribution in [0, 0.1) is 6.92 Å². The van der Waals surface area contributed by atoms with Gasteiger partial charge in [-0.15, -0.1) is 11.3 Å². The molecule has 2 aromatic carbocycles. The molecule has 0 saturated carbocycles. The van der Waals surface area contributed by atoms with Crippen LogP contribution < -0.4 is 10.5 Å². The number of amides is 1. The normalized spacial score (nSPS) is 15.7. The maximum Gasteiger partial charge on any atom is 0.209 e. The van der Waals surface area contributed by atoms with Gasteiger partial charge in [-0.1, -0.05) is 24.3 Å². The maximum absolute atomic E-state index is 12.4. The molecule has 2 N–H and O–H groups in total. The van der Waals surface area contributed by atoms with Gasteiger partial charge in [0.25, 0.3) is 0 Å². The summed E-state index contributed by atoms with van der Waals surface area (Å²) in [7, 11) is 3.25. The highest BCUT2D eigenvalue weighted by Crippen LogP contribution is 2.39. The van der Waals surface area contributed by atoms with E-state index in [1.165, 1.54) is 15.6 Å². The van der Waals surface area contributed by atoms with E-state index in [0.29, 0.717) is 50.1 Å². The highest BCUT2D eigenvalue weighted by Gasteiger charge is 2.42. The molecule has 3 heterocycles. The topological polar surface area (TPSA) is 98.9 Å². The Kier molecular flexibility index (Phi) is 9.01. The molecule has 0 aliphatic carbocycles. The van der Waals surface area contributed by atoms with Crippen LogP contribution in [0.3, 0.4) is 0 Å².